The Labute approximate surface area is 321 Å². The number of fused-ring (bicyclic) bond motifs is 7. The predicted molar refractivity (Wildman–Crippen MR) is 229 cm³/mol. The molecule has 3 heterocycles. The molecule has 0 radical (unpaired) electrons. The third kappa shape index (κ3) is 4.49. The molecular weight excluding hydrogens is 653 g/mol. The number of hydrogen-bond acceptors (Lipinski definition) is 3. The molecule has 2 saturated carbocycles. The lowest BCUT2D eigenvalue weighted by Gasteiger charge is -2.50. The lowest BCUT2D eigenvalue weighted by Crippen LogP contribution is -2.61. The van der Waals surface area contributed by atoms with E-state index in [0.29, 0.717) is 5.92 Å². The lowest BCUT2D eigenvalue weighted by atomic mass is 9.33. The van der Waals surface area contributed by atoms with Crippen LogP contribution in [0, 0.1) is 0 Å². The van der Waals surface area contributed by atoms with Gasteiger partial charge in [0.1, 0.15) is 0 Å². The summed E-state index contributed by atoms with van der Waals surface area (Å²) < 4.78 is 0. The van der Waals surface area contributed by atoms with Gasteiger partial charge >= 0.3 is 0 Å². The first-order valence-corrected chi connectivity index (χ1v) is 20.6. The Bertz CT molecular complexity index is 2390. The highest BCUT2D eigenvalue weighted by molar-refractivity contribution is 7.00. The highest BCUT2D eigenvalue weighted by Crippen LogP contribution is 2.62. The average molecular weight is 702 g/mol. The van der Waals surface area contributed by atoms with Gasteiger partial charge in [-0.25, -0.2) is 0 Å². The number of nitrogens with zero attached hydrogens (tertiary/aromatic N) is 3. The molecule has 0 aromatic heterocycles. The highest BCUT2D eigenvalue weighted by Gasteiger charge is 2.58. The number of rotatable bonds is 4. The number of para-hydroxylation sites is 4. The van der Waals surface area contributed by atoms with Crippen LogP contribution in [0.15, 0.2) is 140 Å². The van der Waals surface area contributed by atoms with E-state index in [9.17, 15) is 0 Å². The fraction of sp³-hybridized carbons (Fsp3) is 0.280. The van der Waals surface area contributed by atoms with Crippen LogP contribution in [0.4, 0.5) is 45.5 Å². The Morgan fingerprint density at radius 1 is 0.500 bits per heavy atom. The molecule has 11 rings (SSSR count). The molecule has 3 aliphatic heterocycles. The van der Waals surface area contributed by atoms with E-state index >= 15 is 0 Å². The summed E-state index contributed by atoms with van der Waals surface area (Å²) in [7, 11) is 0. The molecule has 266 valence electrons. The maximum atomic E-state index is 2.75. The van der Waals surface area contributed by atoms with Gasteiger partial charge in [-0.15, -0.1) is 0 Å². The first kappa shape index (κ1) is 32.2. The zero-order chi connectivity index (χ0) is 36.0. The van der Waals surface area contributed by atoms with Crippen LogP contribution in [0.5, 0.6) is 0 Å². The zero-order valence-corrected chi connectivity index (χ0v) is 31.6. The number of hydrogen-bond donors (Lipinski definition) is 0. The van der Waals surface area contributed by atoms with Gasteiger partial charge in [0.2, 0.25) is 0 Å². The van der Waals surface area contributed by atoms with Gasteiger partial charge in [-0.1, -0.05) is 118 Å². The molecular formula is C50H48BN3. The van der Waals surface area contributed by atoms with Crippen molar-refractivity contribution in [3.8, 4) is 0 Å². The molecule has 0 N–H and O–H groups in total. The molecule has 0 amide bonds. The van der Waals surface area contributed by atoms with Gasteiger partial charge in [-0.2, -0.15) is 0 Å². The topological polar surface area (TPSA) is 9.72 Å². The molecule has 2 atom stereocenters. The first-order valence-electron chi connectivity index (χ1n) is 20.6. The van der Waals surface area contributed by atoms with Crippen LogP contribution in [0.25, 0.3) is 0 Å². The first-order chi connectivity index (χ1) is 26.5. The van der Waals surface area contributed by atoms with Crippen molar-refractivity contribution in [3.63, 3.8) is 0 Å². The Morgan fingerprint density at radius 2 is 1.07 bits per heavy atom. The average Bonchev–Trinajstić information content (AvgIpc) is 3.43. The van der Waals surface area contributed by atoms with E-state index in [1.165, 1.54) is 131 Å². The summed E-state index contributed by atoms with van der Waals surface area (Å²) in [6.07, 6.45) is 11.4. The van der Waals surface area contributed by atoms with Gasteiger partial charge in [-0.3, -0.25) is 0 Å². The smallest absolute Gasteiger partial charge is 0.252 e. The van der Waals surface area contributed by atoms with E-state index in [1.807, 2.05) is 0 Å². The maximum Gasteiger partial charge on any atom is 0.252 e. The zero-order valence-electron chi connectivity index (χ0n) is 31.6. The summed E-state index contributed by atoms with van der Waals surface area (Å²) in [4.78, 5) is 7.97. The largest absolute Gasteiger partial charge is 0.334 e. The molecule has 4 heteroatoms. The van der Waals surface area contributed by atoms with E-state index in [1.54, 1.807) is 0 Å². The molecule has 54 heavy (non-hydrogen) atoms. The van der Waals surface area contributed by atoms with Crippen LogP contribution >= 0.6 is 0 Å². The Hall–Kier alpha value is -5.22. The van der Waals surface area contributed by atoms with Crippen molar-refractivity contribution in [1.82, 2.24) is 0 Å². The Morgan fingerprint density at radius 3 is 1.74 bits per heavy atom. The quantitative estimate of drug-likeness (QED) is 0.169. The minimum atomic E-state index is -0.0167. The molecule has 6 aromatic carbocycles. The second kappa shape index (κ2) is 12.1. The molecule has 2 unspecified atom stereocenters. The Kier molecular flexibility index (Phi) is 7.25. The second-order valence-corrected chi connectivity index (χ2v) is 17.1. The number of anilines is 8. The second-order valence-electron chi connectivity index (χ2n) is 17.1. The van der Waals surface area contributed by atoms with E-state index in [4.69, 9.17) is 0 Å². The SMILES string of the molecule is CC12CCCCC1(C)N(c1ccccc1)c1cc3c(cc12)B1c2ccccc2N(c2ccccc2)c2cc(C4CCCCC4)cc(c21)N3c1ccccc1. The van der Waals surface area contributed by atoms with Gasteiger partial charge in [0.25, 0.3) is 6.71 Å². The molecule has 0 bridgehead atoms. The lowest BCUT2D eigenvalue weighted by molar-refractivity contribution is 0.195. The molecule has 3 nitrogen and oxygen atoms in total. The standard InChI is InChI=1S/C50H48BN3/c1-49-29-17-18-30-50(49,2)54(39-25-13-6-14-26-39)44-34-45-42(33-40(44)49)51-41-27-15-16-28-43(41)52(37-21-9-4-10-22-37)46-31-36(35-19-7-3-8-20-35)32-47(48(46)51)53(45)38-23-11-5-12-24-38/h4-6,9-16,21-28,31-35H,3,7-8,17-20,29-30H2,1-2H3. The van der Waals surface area contributed by atoms with Gasteiger partial charge < -0.3 is 14.7 Å². The van der Waals surface area contributed by atoms with Gasteiger partial charge in [0.15, 0.2) is 0 Å². The third-order valence-corrected chi connectivity index (χ3v) is 14.3. The van der Waals surface area contributed by atoms with Crippen molar-refractivity contribution < 1.29 is 0 Å². The van der Waals surface area contributed by atoms with E-state index in [2.05, 4.69) is 168 Å². The molecule has 5 aliphatic rings. The summed E-state index contributed by atoms with van der Waals surface area (Å²) in [5, 5.41) is 0. The van der Waals surface area contributed by atoms with E-state index < -0.39 is 0 Å². The molecule has 6 aromatic rings. The Balaban J connectivity index is 1.24. The molecule has 0 spiro atoms. The molecule has 2 fully saturated rings. The molecule has 2 aliphatic carbocycles. The van der Waals surface area contributed by atoms with Crippen molar-refractivity contribution >= 4 is 68.6 Å². The number of benzene rings is 6. The van der Waals surface area contributed by atoms with Gasteiger partial charge in [-0.05, 0) is 127 Å². The summed E-state index contributed by atoms with van der Waals surface area (Å²) in [5.74, 6) is 0.573. The van der Waals surface area contributed by atoms with Crippen LogP contribution in [-0.4, -0.2) is 12.3 Å². The van der Waals surface area contributed by atoms with Crippen molar-refractivity contribution in [1.29, 1.82) is 0 Å². The highest BCUT2D eigenvalue weighted by atomic mass is 15.3. The van der Waals surface area contributed by atoms with E-state index in [-0.39, 0.29) is 17.7 Å². The van der Waals surface area contributed by atoms with Crippen LogP contribution in [-0.2, 0) is 5.41 Å². The van der Waals surface area contributed by atoms with Crippen LogP contribution in [0.2, 0.25) is 0 Å². The van der Waals surface area contributed by atoms with Crippen LogP contribution in [0.3, 0.4) is 0 Å². The van der Waals surface area contributed by atoms with Crippen molar-refractivity contribution in [2.24, 2.45) is 0 Å². The van der Waals surface area contributed by atoms with Crippen molar-refractivity contribution in [2.75, 3.05) is 14.7 Å². The third-order valence-electron chi connectivity index (χ3n) is 14.3. The minimum absolute atomic E-state index is 0.0167. The molecule has 0 saturated heterocycles. The van der Waals surface area contributed by atoms with Crippen molar-refractivity contribution in [2.45, 2.75) is 88.5 Å². The monoisotopic (exact) mass is 701 g/mol. The fourth-order valence-corrected chi connectivity index (χ4v) is 11.6. The normalized spacial score (nSPS) is 22.6. The summed E-state index contributed by atoms with van der Waals surface area (Å²) in [6.45, 7) is 5.26. The van der Waals surface area contributed by atoms with E-state index in [0.717, 1.165) is 0 Å². The summed E-state index contributed by atoms with van der Waals surface area (Å²) in [5.41, 5.74) is 17.7. The van der Waals surface area contributed by atoms with Crippen molar-refractivity contribution in [3.05, 3.63) is 151 Å². The van der Waals surface area contributed by atoms with Gasteiger partial charge in [0, 0.05) is 50.9 Å². The van der Waals surface area contributed by atoms with Crippen LogP contribution in [0.1, 0.15) is 88.7 Å². The summed E-state index contributed by atoms with van der Waals surface area (Å²) >= 11 is 0. The van der Waals surface area contributed by atoms with Gasteiger partial charge in [0.05, 0.1) is 5.54 Å². The van der Waals surface area contributed by atoms with Crippen LogP contribution < -0.4 is 31.1 Å². The maximum absolute atomic E-state index is 2.75. The summed E-state index contributed by atoms with van der Waals surface area (Å²) in [6, 6.07) is 53.4. The minimum Gasteiger partial charge on any atom is -0.334 e. The fourth-order valence-electron chi connectivity index (χ4n) is 11.6. The predicted octanol–water partition coefficient (Wildman–Crippen LogP) is 11.6.